The number of halogens is 1. The monoisotopic (exact) mass is 466 g/mol. The van der Waals surface area contributed by atoms with E-state index in [2.05, 4.69) is 16.0 Å². The van der Waals surface area contributed by atoms with Crippen molar-refractivity contribution in [3.05, 3.63) is 65.5 Å². The number of imide groups is 1. The molecule has 34 heavy (non-hydrogen) atoms. The average molecular weight is 467 g/mol. The highest BCUT2D eigenvalue weighted by Crippen LogP contribution is 2.34. The molecule has 3 N–H and O–H groups in total. The standard InChI is InChI=1S/C25H27FN4O4/c1-2-3-13-25(17-7-9-18(26)10-8-17)23(33)30(24(34)29-25)15-21(31)27-20-6-4-5-16(14-20)22(32)28-19-11-12-19/h4-10,14,19H,2-3,11-13,15H2,1H3,(H,27,31)(H,28,32)(H,29,34). The summed E-state index contributed by atoms with van der Waals surface area (Å²) in [6.45, 7) is 1.47. The maximum absolute atomic E-state index is 13.5. The Hall–Kier alpha value is -3.75. The summed E-state index contributed by atoms with van der Waals surface area (Å²) in [4.78, 5) is 51.9. The highest BCUT2D eigenvalue weighted by molar-refractivity contribution is 6.10. The second kappa shape index (κ2) is 9.62. The van der Waals surface area contributed by atoms with Gasteiger partial charge in [0.2, 0.25) is 5.91 Å². The Morgan fingerprint density at radius 1 is 1.15 bits per heavy atom. The average Bonchev–Trinajstić information content (AvgIpc) is 3.60. The summed E-state index contributed by atoms with van der Waals surface area (Å²) in [6.07, 6.45) is 3.70. The number of benzene rings is 2. The van der Waals surface area contributed by atoms with Crippen molar-refractivity contribution in [1.82, 2.24) is 15.5 Å². The first-order valence-electron chi connectivity index (χ1n) is 11.4. The van der Waals surface area contributed by atoms with E-state index in [9.17, 15) is 23.6 Å². The molecule has 1 atom stereocenters. The number of nitrogens with zero attached hydrogens (tertiary/aromatic N) is 1. The summed E-state index contributed by atoms with van der Waals surface area (Å²) in [6, 6.07) is 11.4. The molecule has 178 valence electrons. The number of urea groups is 1. The minimum Gasteiger partial charge on any atom is -0.349 e. The number of anilines is 1. The van der Waals surface area contributed by atoms with Crippen molar-refractivity contribution in [3.8, 4) is 0 Å². The summed E-state index contributed by atoms with van der Waals surface area (Å²) in [5.74, 6) is -1.79. The predicted octanol–water partition coefficient (Wildman–Crippen LogP) is 3.29. The third kappa shape index (κ3) is 4.93. The molecule has 1 aliphatic heterocycles. The maximum atomic E-state index is 13.5. The minimum atomic E-state index is -1.35. The van der Waals surface area contributed by atoms with Gasteiger partial charge >= 0.3 is 6.03 Å². The van der Waals surface area contributed by atoms with E-state index >= 15 is 0 Å². The zero-order chi connectivity index (χ0) is 24.3. The summed E-state index contributed by atoms with van der Waals surface area (Å²) >= 11 is 0. The van der Waals surface area contributed by atoms with Gasteiger partial charge in [-0.3, -0.25) is 19.3 Å². The van der Waals surface area contributed by atoms with E-state index in [4.69, 9.17) is 0 Å². The largest absolute Gasteiger partial charge is 0.349 e. The first-order chi connectivity index (χ1) is 16.3. The number of hydrogen-bond donors (Lipinski definition) is 3. The van der Waals surface area contributed by atoms with E-state index in [1.54, 1.807) is 24.3 Å². The topological polar surface area (TPSA) is 108 Å². The summed E-state index contributed by atoms with van der Waals surface area (Å²) < 4.78 is 13.5. The molecule has 0 bridgehead atoms. The van der Waals surface area contributed by atoms with Crippen molar-refractivity contribution in [2.45, 2.75) is 50.6 Å². The number of rotatable bonds is 9. The number of unbranched alkanes of at least 4 members (excludes halogenated alkanes) is 1. The second-order valence-electron chi connectivity index (χ2n) is 8.71. The first kappa shape index (κ1) is 23.4. The molecule has 1 saturated heterocycles. The van der Waals surface area contributed by atoms with E-state index in [1.165, 1.54) is 24.3 Å². The summed E-state index contributed by atoms with van der Waals surface area (Å²) in [5, 5.41) is 8.27. The highest BCUT2D eigenvalue weighted by atomic mass is 19.1. The van der Waals surface area contributed by atoms with Gasteiger partial charge in [-0.2, -0.15) is 0 Å². The van der Waals surface area contributed by atoms with Crippen molar-refractivity contribution in [2.24, 2.45) is 0 Å². The Bertz CT molecular complexity index is 1120. The van der Waals surface area contributed by atoms with Crippen LogP contribution in [-0.2, 0) is 15.1 Å². The lowest BCUT2D eigenvalue weighted by Crippen LogP contribution is -2.44. The predicted molar refractivity (Wildman–Crippen MR) is 123 cm³/mol. The molecule has 1 saturated carbocycles. The smallest absolute Gasteiger partial charge is 0.325 e. The van der Waals surface area contributed by atoms with Gasteiger partial charge in [-0.1, -0.05) is 38.0 Å². The lowest BCUT2D eigenvalue weighted by Gasteiger charge is -2.27. The third-order valence-corrected chi connectivity index (χ3v) is 6.04. The van der Waals surface area contributed by atoms with Crippen LogP contribution in [0.15, 0.2) is 48.5 Å². The number of carbonyl (C=O) groups is 4. The van der Waals surface area contributed by atoms with Crippen LogP contribution >= 0.6 is 0 Å². The van der Waals surface area contributed by atoms with Gasteiger partial charge in [0.25, 0.3) is 11.8 Å². The lowest BCUT2D eigenvalue weighted by molar-refractivity contribution is -0.134. The summed E-state index contributed by atoms with van der Waals surface area (Å²) in [5.41, 5.74) is -0.0779. The lowest BCUT2D eigenvalue weighted by atomic mass is 9.85. The molecule has 2 aromatic rings. The van der Waals surface area contributed by atoms with Crippen LogP contribution in [0.25, 0.3) is 0 Å². The van der Waals surface area contributed by atoms with Crippen LogP contribution in [0.4, 0.5) is 14.9 Å². The zero-order valence-electron chi connectivity index (χ0n) is 18.9. The molecule has 1 unspecified atom stereocenters. The van der Waals surface area contributed by atoms with Gasteiger partial charge in [-0.15, -0.1) is 0 Å². The molecule has 9 heteroatoms. The molecule has 1 heterocycles. The van der Waals surface area contributed by atoms with Crippen molar-refractivity contribution in [1.29, 1.82) is 0 Å². The van der Waals surface area contributed by atoms with Gasteiger partial charge in [-0.25, -0.2) is 9.18 Å². The van der Waals surface area contributed by atoms with Crippen LogP contribution in [0.2, 0.25) is 0 Å². The molecule has 5 amide bonds. The summed E-state index contributed by atoms with van der Waals surface area (Å²) in [7, 11) is 0. The highest BCUT2D eigenvalue weighted by Gasteiger charge is 2.52. The van der Waals surface area contributed by atoms with Crippen molar-refractivity contribution < 1.29 is 23.6 Å². The van der Waals surface area contributed by atoms with Crippen molar-refractivity contribution in [2.75, 3.05) is 11.9 Å². The minimum absolute atomic E-state index is 0.208. The molecular weight excluding hydrogens is 439 g/mol. The number of carbonyl (C=O) groups excluding carboxylic acids is 4. The zero-order valence-corrected chi connectivity index (χ0v) is 18.9. The van der Waals surface area contributed by atoms with Crippen LogP contribution in [0.5, 0.6) is 0 Å². The van der Waals surface area contributed by atoms with E-state index in [1.807, 2.05) is 6.92 Å². The van der Waals surface area contributed by atoms with Gasteiger partial charge in [0, 0.05) is 17.3 Å². The first-order valence-corrected chi connectivity index (χ1v) is 11.4. The Morgan fingerprint density at radius 2 is 1.88 bits per heavy atom. The molecule has 0 aromatic heterocycles. The van der Waals surface area contributed by atoms with E-state index in [-0.39, 0.29) is 11.9 Å². The Labute approximate surface area is 196 Å². The number of amides is 5. The quantitative estimate of drug-likeness (QED) is 0.493. The second-order valence-corrected chi connectivity index (χ2v) is 8.71. The van der Waals surface area contributed by atoms with Crippen molar-refractivity contribution >= 4 is 29.4 Å². The normalized spacial score (nSPS) is 19.6. The molecule has 4 rings (SSSR count). The van der Waals surface area contributed by atoms with E-state index < -0.39 is 35.7 Å². The molecule has 0 spiro atoms. The van der Waals surface area contributed by atoms with Crippen LogP contribution in [0.1, 0.15) is 54.9 Å². The third-order valence-electron chi connectivity index (χ3n) is 6.04. The van der Waals surface area contributed by atoms with Crippen LogP contribution in [0, 0.1) is 5.82 Å². The van der Waals surface area contributed by atoms with Crippen molar-refractivity contribution in [3.63, 3.8) is 0 Å². The fraction of sp³-hybridized carbons (Fsp3) is 0.360. The van der Waals surface area contributed by atoms with Gasteiger partial charge in [0.15, 0.2) is 0 Å². The SMILES string of the molecule is CCCCC1(c2ccc(F)cc2)NC(=O)N(CC(=O)Nc2cccc(C(=O)NC3CC3)c2)C1=O. The fourth-order valence-electron chi connectivity index (χ4n) is 4.03. The van der Waals surface area contributed by atoms with Gasteiger partial charge in [0.05, 0.1) is 0 Å². The van der Waals surface area contributed by atoms with Gasteiger partial charge in [0.1, 0.15) is 17.9 Å². The molecule has 8 nitrogen and oxygen atoms in total. The van der Waals surface area contributed by atoms with Crippen LogP contribution < -0.4 is 16.0 Å². The van der Waals surface area contributed by atoms with Gasteiger partial charge < -0.3 is 16.0 Å². The molecule has 2 fully saturated rings. The van der Waals surface area contributed by atoms with Crippen LogP contribution in [-0.4, -0.2) is 41.2 Å². The molecule has 2 aliphatic rings. The molecular formula is C25H27FN4O4. The fourth-order valence-corrected chi connectivity index (χ4v) is 4.03. The number of nitrogens with one attached hydrogen (secondary N) is 3. The van der Waals surface area contributed by atoms with Crippen LogP contribution in [0.3, 0.4) is 0 Å². The Morgan fingerprint density at radius 3 is 2.56 bits per heavy atom. The molecule has 1 aliphatic carbocycles. The molecule has 0 radical (unpaired) electrons. The number of hydrogen-bond acceptors (Lipinski definition) is 4. The van der Waals surface area contributed by atoms with E-state index in [0.717, 1.165) is 24.2 Å². The van der Waals surface area contributed by atoms with Gasteiger partial charge in [-0.05, 0) is 55.2 Å². The van der Waals surface area contributed by atoms with E-state index in [0.29, 0.717) is 29.7 Å². The Kier molecular flexibility index (Phi) is 6.63. The molecule has 2 aromatic carbocycles. The Balaban J connectivity index is 1.47. The maximum Gasteiger partial charge on any atom is 0.325 e.